The summed E-state index contributed by atoms with van der Waals surface area (Å²) in [6.45, 7) is 4.06. The maximum absolute atomic E-state index is 11.7. The van der Waals surface area contributed by atoms with Gasteiger partial charge in [-0.25, -0.2) is 0 Å². The number of aryl methyl sites for hydroxylation is 1. The van der Waals surface area contributed by atoms with E-state index < -0.39 is 0 Å². The lowest BCUT2D eigenvalue weighted by Gasteiger charge is -2.38. The van der Waals surface area contributed by atoms with Gasteiger partial charge in [0, 0.05) is 23.7 Å². The molecule has 0 radical (unpaired) electrons. The van der Waals surface area contributed by atoms with E-state index in [2.05, 4.69) is 66.1 Å². The number of hydrogen-bond donors (Lipinski definition) is 2. The van der Waals surface area contributed by atoms with E-state index in [0.29, 0.717) is 24.3 Å². The third kappa shape index (κ3) is 2.84. The Labute approximate surface area is 149 Å². The fourth-order valence-electron chi connectivity index (χ4n) is 4.17. The molecule has 2 aromatic carbocycles. The summed E-state index contributed by atoms with van der Waals surface area (Å²) in [7, 11) is 0. The third-order valence-electron chi connectivity index (χ3n) is 5.49. The van der Waals surface area contributed by atoms with E-state index in [-0.39, 0.29) is 5.91 Å². The Bertz CT molecular complexity index is 840. The van der Waals surface area contributed by atoms with Crippen LogP contribution in [0, 0.1) is 12.8 Å². The highest BCUT2D eigenvalue weighted by Crippen LogP contribution is 2.50. The number of carbonyl (C=O) groups is 1. The molecule has 0 saturated carbocycles. The van der Waals surface area contributed by atoms with Gasteiger partial charge in [-0.3, -0.25) is 4.79 Å². The molecule has 128 valence electrons. The fraction of sp³-hybridized carbons (Fsp3) is 0.318. The van der Waals surface area contributed by atoms with Crippen molar-refractivity contribution >= 4 is 17.3 Å². The zero-order valence-electron chi connectivity index (χ0n) is 14.8. The van der Waals surface area contributed by atoms with Crippen LogP contribution >= 0.6 is 0 Å². The molecule has 25 heavy (non-hydrogen) atoms. The van der Waals surface area contributed by atoms with Crippen molar-refractivity contribution in [2.24, 2.45) is 5.92 Å². The van der Waals surface area contributed by atoms with Gasteiger partial charge in [0.05, 0.1) is 6.04 Å². The van der Waals surface area contributed by atoms with Crippen LogP contribution in [-0.4, -0.2) is 5.91 Å². The van der Waals surface area contributed by atoms with E-state index in [9.17, 15) is 4.79 Å². The summed E-state index contributed by atoms with van der Waals surface area (Å²) in [5.41, 5.74) is 6.07. The van der Waals surface area contributed by atoms with Gasteiger partial charge in [-0.2, -0.15) is 0 Å². The van der Waals surface area contributed by atoms with Gasteiger partial charge in [0.1, 0.15) is 0 Å². The molecule has 2 aliphatic rings. The van der Waals surface area contributed by atoms with Crippen molar-refractivity contribution in [1.82, 2.24) is 0 Å². The normalized spacial score (nSPS) is 23.5. The van der Waals surface area contributed by atoms with Crippen LogP contribution < -0.4 is 10.6 Å². The van der Waals surface area contributed by atoms with E-state index in [4.69, 9.17) is 0 Å². The molecule has 0 fully saturated rings. The van der Waals surface area contributed by atoms with Gasteiger partial charge in [-0.15, -0.1) is 0 Å². The molecule has 2 aromatic rings. The third-order valence-corrected chi connectivity index (χ3v) is 5.49. The van der Waals surface area contributed by atoms with Crippen molar-refractivity contribution in [1.29, 1.82) is 0 Å². The molecule has 3 heteroatoms. The Kier molecular flexibility index (Phi) is 4.08. The average Bonchev–Trinajstić information content (AvgIpc) is 3.12. The molecule has 1 amide bonds. The Balaban J connectivity index is 1.71. The second-order valence-corrected chi connectivity index (χ2v) is 7.04. The average molecular weight is 332 g/mol. The minimum Gasteiger partial charge on any atom is -0.378 e. The van der Waals surface area contributed by atoms with Gasteiger partial charge >= 0.3 is 0 Å². The molecular formula is C22H24N2O. The van der Waals surface area contributed by atoms with Crippen molar-refractivity contribution in [2.75, 3.05) is 10.6 Å². The predicted molar refractivity (Wildman–Crippen MR) is 103 cm³/mol. The monoisotopic (exact) mass is 332 g/mol. The molecule has 1 heterocycles. The molecule has 0 saturated heterocycles. The summed E-state index contributed by atoms with van der Waals surface area (Å²) in [5, 5.41) is 6.75. The van der Waals surface area contributed by atoms with Gasteiger partial charge in [-0.05, 0) is 54.2 Å². The molecular weight excluding hydrogens is 308 g/mol. The minimum absolute atomic E-state index is 0.0556. The first kappa shape index (κ1) is 15.9. The summed E-state index contributed by atoms with van der Waals surface area (Å²) in [5.74, 6) is 0.977. The van der Waals surface area contributed by atoms with Crippen molar-refractivity contribution in [3.63, 3.8) is 0 Å². The summed E-state index contributed by atoms with van der Waals surface area (Å²) in [4.78, 5) is 11.7. The SMILES string of the molecule is CCC(=O)Nc1ccc2c(c1)C1C=CCC1C(c1ccccc1C)N2. The van der Waals surface area contributed by atoms with Gasteiger partial charge in [0.25, 0.3) is 0 Å². The Morgan fingerprint density at radius 1 is 1.20 bits per heavy atom. The topological polar surface area (TPSA) is 41.1 Å². The van der Waals surface area contributed by atoms with Crippen LogP contribution in [0.25, 0.3) is 0 Å². The summed E-state index contributed by atoms with van der Waals surface area (Å²) in [6.07, 6.45) is 6.22. The first-order valence-electron chi connectivity index (χ1n) is 9.10. The number of fused-ring (bicyclic) bond motifs is 3. The zero-order valence-corrected chi connectivity index (χ0v) is 14.8. The standard InChI is InChI=1S/C22H24N2O/c1-3-21(25)23-15-11-12-20-19(13-15)17-9-6-10-18(17)22(24-20)16-8-5-4-7-14(16)2/h4-9,11-13,17-18,22,24H,3,10H2,1-2H3,(H,23,25). The Morgan fingerprint density at radius 2 is 2.04 bits per heavy atom. The molecule has 3 nitrogen and oxygen atoms in total. The number of anilines is 2. The number of rotatable bonds is 3. The van der Waals surface area contributed by atoms with Crippen LogP contribution in [0.15, 0.2) is 54.6 Å². The molecule has 1 aliphatic heterocycles. The van der Waals surface area contributed by atoms with Crippen LogP contribution in [0.5, 0.6) is 0 Å². The first-order chi connectivity index (χ1) is 12.2. The van der Waals surface area contributed by atoms with Crippen LogP contribution in [0.3, 0.4) is 0 Å². The molecule has 0 bridgehead atoms. The molecule has 0 spiro atoms. The molecule has 0 aromatic heterocycles. The second-order valence-electron chi connectivity index (χ2n) is 7.04. The maximum atomic E-state index is 11.7. The Hall–Kier alpha value is -2.55. The number of amides is 1. The number of allylic oxidation sites excluding steroid dienone is 2. The highest BCUT2D eigenvalue weighted by Gasteiger charge is 2.38. The lowest BCUT2D eigenvalue weighted by atomic mass is 9.76. The summed E-state index contributed by atoms with van der Waals surface area (Å²) >= 11 is 0. The first-order valence-corrected chi connectivity index (χ1v) is 9.10. The maximum Gasteiger partial charge on any atom is 0.224 e. The number of nitrogens with one attached hydrogen (secondary N) is 2. The van der Waals surface area contributed by atoms with Gasteiger partial charge in [-0.1, -0.05) is 43.3 Å². The second kappa shape index (κ2) is 6.40. The van der Waals surface area contributed by atoms with E-state index in [1.54, 1.807) is 0 Å². The van der Waals surface area contributed by atoms with Crippen molar-refractivity contribution in [3.8, 4) is 0 Å². The van der Waals surface area contributed by atoms with Crippen molar-refractivity contribution in [2.45, 2.75) is 38.6 Å². The predicted octanol–water partition coefficient (Wildman–Crippen LogP) is 5.17. The van der Waals surface area contributed by atoms with Gasteiger partial charge in [0.2, 0.25) is 5.91 Å². The number of hydrogen-bond acceptors (Lipinski definition) is 2. The van der Waals surface area contributed by atoms with E-state index in [0.717, 1.165) is 12.1 Å². The van der Waals surface area contributed by atoms with Gasteiger partial charge < -0.3 is 10.6 Å². The van der Waals surface area contributed by atoms with Gasteiger partial charge in [0.15, 0.2) is 0 Å². The minimum atomic E-state index is 0.0556. The quantitative estimate of drug-likeness (QED) is 0.761. The van der Waals surface area contributed by atoms with Crippen molar-refractivity contribution in [3.05, 3.63) is 71.3 Å². The zero-order chi connectivity index (χ0) is 17.4. The molecule has 3 atom stereocenters. The van der Waals surface area contributed by atoms with E-state index >= 15 is 0 Å². The molecule has 2 N–H and O–H groups in total. The lowest BCUT2D eigenvalue weighted by Crippen LogP contribution is -2.29. The van der Waals surface area contributed by atoms with Crippen molar-refractivity contribution < 1.29 is 4.79 Å². The van der Waals surface area contributed by atoms with Crippen LogP contribution in [0.1, 0.15) is 48.4 Å². The highest BCUT2D eigenvalue weighted by molar-refractivity contribution is 5.91. The van der Waals surface area contributed by atoms with E-state index in [1.807, 2.05) is 13.0 Å². The van der Waals surface area contributed by atoms with E-state index in [1.165, 1.54) is 22.4 Å². The highest BCUT2D eigenvalue weighted by atomic mass is 16.1. The van der Waals surface area contributed by atoms with Crippen LogP contribution in [0.2, 0.25) is 0 Å². The van der Waals surface area contributed by atoms with Crippen LogP contribution in [-0.2, 0) is 4.79 Å². The number of carbonyl (C=O) groups excluding carboxylic acids is 1. The largest absolute Gasteiger partial charge is 0.378 e. The number of benzene rings is 2. The summed E-state index contributed by atoms with van der Waals surface area (Å²) in [6, 6.07) is 15.2. The molecule has 3 unspecified atom stereocenters. The van der Waals surface area contributed by atoms with Crippen LogP contribution in [0.4, 0.5) is 11.4 Å². The Morgan fingerprint density at radius 3 is 2.84 bits per heavy atom. The lowest BCUT2D eigenvalue weighted by molar-refractivity contribution is -0.115. The summed E-state index contributed by atoms with van der Waals surface area (Å²) < 4.78 is 0. The molecule has 4 rings (SSSR count). The smallest absolute Gasteiger partial charge is 0.224 e. The fourth-order valence-corrected chi connectivity index (χ4v) is 4.17. The molecule has 1 aliphatic carbocycles.